The van der Waals surface area contributed by atoms with Crippen molar-refractivity contribution >= 4 is 15.9 Å². The van der Waals surface area contributed by atoms with E-state index in [2.05, 4.69) is 0 Å². The zero-order valence-corrected chi connectivity index (χ0v) is 18.5. The average molecular weight is 457 g/mol. The SMILES string of the molecule is CC(O)(C(=O)N1CC2=C(C1)CN(S(=O)(=O)c1ccc3c(c1)OCCO3)C2)c1ccccc1. The maximum absolute atomic E-state index is 13.2. The lowest BCUT2D eigenvalue weighted by Gasteiger charge is -2.30. The van der Waals surface area contributed by atoms with Crippen LogP contribution in [0.4, 0.5) is 0 Å². The summed E-state index contributed by atoms with van der Waals surface area (Å²) in [6.07, 6.45) is 0. The third kappa shape index (κ3) is 3.46. The number of hydrogen-bond donors (Lipinski definition) is 1. The van der Waals surface area contributed by atoms with Gasteiger partial charge < -0.3 is 19.5 Å². The summed E-state index contributed by atoms with van der Waals surface area (Å²) in [5.41, 5.74) is 0.698. The second-order valence-electron chi connectivity index (χ2n) is 8.39. The van der Waals surface area contributed by atoms with Crippen molar-refractivity contribution in [2.45, 2.75) is 17.4 Å². The molecule has 0 radical (unpaired) electrons. The van der Waals surface area contributed by atoms with Gasteiger partial charge in [0, 0.05) is 32.2 Å². The first-order chi connectivity index (χ1) is 15.3. The standard InChI is InChI=1S/C23H24N2O6S/c1-23(27,18-5-3-2-4-6-18)22(26)24-12-16-14-25(15-17(16)13-24)32(28,29)19-7-8-20-21(11-19)31-10-9-30-20/h2-8,11,27H,9-10,12-15H2,1H3. The van der Waals surface area contributed by atoms with Crippen molar-refractivity contribution < 1.29 is 27.8 Å². The van der Waals surface area contributed by atoms with Crippen molar-refractivity contribution in [1.82, 2.24) is 9.21 Å². The fourth-order valence-electron chi connectivity index (χ4n) is 4.39. The van der Waals surface area contributed by atoms with Crippen molar-refractivity contribution in [2.24, 2.45) is 0 Å². The van der Waals surface area contributed by atoms with E-state index in [4.69, 9.17) is 9.47 Å². The Kier molecular flexibility index (Phi) is 4.99. The summed E-state index contributed by atoms with van der Waals surface area (Å²) in [4.78, 5) is 14.8. The van der Waals surface area contributed by atoms with E-state index in [1.807, 2.05) is 6.07 Å². The first-order valence-corrected chi connectivity index (χ1v) is 11.9. The second kappa shape index (κ2) is 7.61. The number of benzene rings is 2. The first kappa shape index (κ1) is 21.0. The summed E-state index contributed by atoms with van der Waals surface area (Å²) in [5, 5.41) is 10.9. The number of hydrogen-bond acceptors (Lipinski definition) is 6. The van der Waals surface area contributed by atoms with Gasteiger partial charge in [0.1, 0.15) is 13.2 Å². The summed E-state index contributed by atoms with van der Waals surface area (Å²) in [5.74, 6) is 0.577. The Morgan fingerprint density at radius 2 is 1.56 bits per heavy atom. The van der Waals surface area contributed by atoms with E-state index >= 15 is 0 Å². The Labute approximate surface area is 186 Å². The molecule has 0 aliphatic carbocycles. The highest BCUT2D eigenvalue weighted by molar-refractivity contribution is 7.89. The molecule has 1 atom stereocenters. The molecule has 168 valence electrons. The lowest BCUT2D eigenvalue weighted by Crippen LogP contribution is -2.45. The molecule has 1 unspecified atom stereocenters. The van der Waals surface area contributed by atoms with Crippen molar-refractivity contribution in [3.05, 3.63) is 65.2 Å². The van der Waals surface area contributed by atoms with E-state index in [0.717, 1.165) is 11.1 Å². The fraction of sp³-hybridized carbons (Fsp3) is 0.348. The van der Waals surface area contributed by atoms with Crippen molar-refractivity contribution in [2.75, 3.05) is 39.4 Å². The van der Waals surface area contributed by atoms with Crippen LogP contribution in [0.25, 0.3) is 0 Å². The fourth-order valence-corrected chi connectivity index (χ4v) is 5.83. The lowest BCUT2D eigenvalue weighted by atomic mass is 9.94. The Hall–Kier alpha value is -2.88. The summed E-state index contributed by atoms with van der Waals surface area (Å²) < 4.78 is 38.8. The van der Waals surface area contributed by atoms with Gasteiger partial charge in [0.05, 0.1) is 4.90 Å². The van der Waals surface area contributed by atoms with Gasteiger partial charge in [-0.2, -0.15) is 4.31 Å². The minimum absolute atomic E-state index is 0.155. The number of nitrogens with zero attached hydrogens (tertiary/aromatic N) is 2. The minimum Gasteiger partial charge on any atom is -0.486 e. The number of fused-ring (bicyclic) bond motifs is 1. The zero-order chi connectivity index (χ0) is 22.5. The third-order valence-corrected chi connectivity index (χ3v) is 7.98. The molecule has 2 aromatic rings. The van der Waals surface area contributed by atoms with Crippen LogP contribution in [0.2, 0.25) is 0 Å². The van der Waals surface area contributed by atoms with Crippen LogP contribution in [-0.2, 0) is 20.4 Å². The molecule has 3 heterocycles. The van der Waals surface area contributed by atoms with E-state index in [-0.39, 0.29) is 23.9 Å². The Morgan fingerprint density at radius 1 is 0.938 bits per heavy atom. The predicted octanol–water partition coefficient (Wildman–Crippen LogP) is 1.51. The minimum atomic E-state index is -3.72. The topological polar surface area (TPSA) is 96.4 Å². The first-order valence-electron chi connectivity index (χ1n) is 10.4. The smallest absolute Gasteiger partial charge is 0.259 e. The Balaban J connectivity index is 1.28. The largest absolute Gasteiger partial charge is 0.486 e. The van der Waals surface area contributed by atoms with E-state index in [9.17, 15) is 18.3 Å². The van der Waals surface area contributed by atoms with Gasteiger partial charge in [-0.25, -0.2) is 8.42 Å². The molecule has 5 rings (SSSR count). The average Bonchev–Trinajstić information content (AvgIpc) is 3.39. The molecule has 0 spiro atoms. The van der Waals surface area contributed by atoms with Gasteiger partial charge in [-0.05, 0) is 35.8 Å². The quantitative estimate of drug-likeness (QED) is 0.701. The molecular formula is C23H24N2O6S. The van der Waals surface area contributed by atoms with Crippen molar-refractivity contribution in [3.8, 4) is 11.5 Å². The van der Waals surface area contributed by atoms with Crippen LogP contribution in [-0.4, -0.2) is 68.0 Å². The van der Waals surface area contributed by atoms with Gasteiger partial charge in [0.2, 0.25) is 10.0 Å². The van der Waals surface area contributed by atoms with Gasteiger partial charge >= 0.3 is 0 Å². The highest BCUT2D eigenvalue weighted by Gasteiger charge is 2.42. The molecular weight excluding hydrogens is 432 g/mol. The lowest BCUT2D eigenvalue weighted by molar-refractivity contribution is -0.149. The molecule has 0 saturated carbocycles. The number of rotatable bonds is 4. The van der Waals surface area contributed by atoms with Crippen molar-refractivity contribution in [3.63, 3.8) is 0 Å². The number of amides is 1. The van der Waals surface area contributed by atoms with Crippen LogP contribution < -0.4 is 9.47 Å². The molecule has 0 aromatic heterocycles. The number of aliphatic hydroxyl groups is 1. The molecule has 1 amide bonds. The summed E-state index contributed by atoms with van der Waals surface area (Å²) in [6.45, 7) is 3.38. The van der Waals surface area contributed by atoms with Gasteiger partial charge in [0.15, 0.2) is 17.1 Å². The summed E-state index contributed by atoms with van der Waals surface area (Å²) in [6, 6.07) is 13.5. The van der Waals surface area contributed by atoms with E-state index in [1.54, 1.807) is 35.2 Å². The number of carbonyl (C=O) groups excluding carboxylic acids is 1. The van der Waals surface area contributed by atoms with Crippen LogP contribution in [0.1, 0.15) is 12.5 Å². The van der Waals surface area contributed by atoms with Gasteiger partial charge in [-0.15, -0.1) is 0 Å². The van der Waals surface area contributed by atoms with Gasteiger partial charge in [-0.3, -0.25) is 4.79 Å². The van der Waals surface area contributed by atoms with Crippen LogP contribution in [0.3, 0.4) is 0 Å². The third-order valence-electron chi connectivity index (χ3n) is 6.19. The molecule has 3 aliphatic heterocycles. The predicted molar refractivity (Wildman–Crippen MR) is 116 cm³/mol. The highest BCUT2D eigenvalue weighted by Crippen LogP contribution is 2.36. The number of carbonyl (C=O) groups is 1. The number of ether oxygens (including phenoxy) is 2. The summed E-state index contributed by atoms with van der Waals surface area (Å²) >= 11 is 0. The second-order valence-corrected chi connectivity index (χ2v) is 10.3. The van der Waals surface area contributed by atoms with Crippen LogP contribution >= 0.6 is 0 Å². The Morgan fingerprint density at radius 3 is 2.22 bits per heavy atom. The molecule has 0 saturated heterocycles. The van der Waals surface area contributed by atoms with Crippen LogP contribution in [0.15, 0.2) is 64.6 Å². The van der Waals surface area contributed by atoms with E-state index in [0.29, 0.717) is 43.4 Å². The monoisotopic (exact) mass is 456 g/mol. The molecule has 32 heavy (non-hydrogen) atoms. The molecule has 3 aliphatic rings. The zero-order valence-electron chi connectivity index (χ0n) is 17.7. The van der Waals surface area contributed by atoms with Crippen molar-refractivity contribution in [1.29, 1.82) is 0 Å². The summed E-state index contributed by atoms with van der Waals surface area (Å²) in [7, 11) is -3.72. The van der Waals surface area contributed by atoms with E-state index < -0.39 is 15.6 Å². The van der Waals surface area contributed by atoms with Crippen LogP contribution in [0, 0.1) is 0 Å². The van der Waals surface area contributed by atoms with Crippen LogP contribution in [0.5, 0.6) is 11.5 Å². The van der Waals surface area contributed by atoms with E-state index in [1.165, 1.54) is 23.4 Å². The maximum atomic E-state index is 13.2. The molecule has 8 nitrogen and oxygen atoms in total. The molecule has 1 N–H and O–H groups in total. The number of sulfonamides is 1. The maximum Gasteiger partial charge on any atom is 0.259 e. The van der Waals surface area contributed by atoms with Gasteiger partial charge in [0.25, 0.3) is 5.91 Å². The molecule has 2 aromatic carbocycles. The Bertz CT molecular complexity index is 1190. The molecule has 9 heteroatoms. The highest BCUT2D eigenvalue weighted by atomic mass is 32.2. The molecule has 0 bridgehead atoms. The van der Waals surface area contributed by atoms with Gasteiger partial charge in [-0.1, -0.05) is 30.3 Å². The normalized spacial score (nSPS) is 20.2. The molecule has 0 fully saturated rings.